The molecule has 0 spiro atoms. The van der Waals surface area contributed by atoms with Gasteiger partial charge in [-0.1, -0.05) is 85.8 Å². The second-order valence-corrected chi connectivity index (χ2v) is 11.4. The van der Waals surface area contributed by atoms with Crippen LogP contribution >= 0.6 is 0 Å². The second kappa shape index (κ2) is 11.7. The first-order chi connectivity index (χ1) is 19.7. The predicted octanol–water partition coefficient (Wildman–Crippen LogP) is 4.79. The number of benzene rings is 3. The minimum atomic E-state index is -1.25. The van der Waals surface area contributed by atoms with E-state index in [-0.39, 0.29) is 25.6 Å². The maximum atomic E-state index is 13.7. The molecule has 0 saturated carbocycles. The Labute approximate surface area is 240 Å². The number of nitrogens with one attached hydrogen (secondary N) is 2. The van der Waals surface area contributed by atoms with Crippen molar-refractivity contribution in [3.8, 4) is 11.1 Å². The molecule has 1 aliphatic heterocycles. The van der Waals surface area contributed by atoms with E-state index < -0.39 is 28.9 Å². The van der Waals surface area contributed by atoms with Crippen LogP contribution in [0.1, 0.15) is 49.3 Å². The molecule has 8 heteroatoms. The van der Waals surface area contributed by atoms with Gasteiger partial charge < -0.3 is 20.5 Å². The molecule has 3 aromatic rings. The lowest BCUT2D eigenvalue weighted by molar-refractivity contribution is -0.148. The highest BCUT2D eigenvalue weighted by molar-refractivity contribution is 5.91. The van der Waals surface area contributed by atoms with Gasteiger partial charge in [0.15, 0.2) is 0 Å². The van der Waals surface area contributed by atoms with Crippen LogP contribution in [0.5, 0.6) is 0 Å². The summed E-state index contributed by atoms with van der Waals surface area (Å²) in [6.45, 7) is 5.00. The van der Waals surface area contributed by atoms with Crippen LogP contribution in [0.3, 0.4) is 0 Å². The van der Waals surface area contributed by atoms with Gasteiger partial charge in [-0.25, -0.2) is 4.79 Å². The van der Waals surface area contributed by atoms with Crippen LogP contribution in [-0.4, -0.2) is 59.8 Å². The summed E-state index contributed by atoms with van der Waals surface area (Å²) in [4.78, 5) is 40.9. The SMILES string of the molecule is CCC(C)(CNC(=O)C1(NC(=O)OCC2c3ccccc3-c3ccccc32)CCN(Cc2ccccc2)C1)C(=O)O. The molecule has 0 radical (unpaired) electrons. The molecule has 3 N–H and O–H groups in total. The van der Waals surface area contributed by atoms with Crippen molar-refractivity contribution in [3.63, 3.8) is 0 Å². The standard InChI is InChI=1S/C33H37N3O5/c1-3-32(2,30(38)39)21-34-29(37)33(17-18-36(22-33)19-23-11-5-4-6-12-23)35-31(40)41-20-28-26-15-9-7-13-24(26)25-14-8-10-16-27(25)28/h4-16,28H,3,17-22H2,1-2H3,(H,34,37)(H,35,40)(H,38,39). The number of ether oxygens (including phenoxy) is 1. The third-order valence-electron chi connectivity index (χ3n) is 8.65. The fourth-order valence-electron chi connectivity index (χ4n) is 5.84. The topological polar surface area (TPSA) is 108 Å². The summed E-state index contributed by atoms with van der Waals surface area (Å²) in [6.07, 6.45) is 0.0708. The lowest BCUT2D eigenvalue weighted by atomic mass is 9.87. The number of aliphatic carboxylic acids is 1. The van der Waals surface area contributed by atoms with Gasteiger partial charge in [-0.2, -0.15) is 0 Å². The van der Waals surface area contributed by atoms with E-state index in [9.17, 15) is 19.5 Å². The lowest BCUT2D eigenvalue weighted by Crippen LogP contribution is -2.61. The van der Waals surface area contributed by atoms with Gasteiger partial charge in [-0.05, 0) is 47.6 Å². The molecule has 214 valence electrons. The van der Waals surface area contributed by atoms with Crippen LogP contribution in [-0.2, 0) is 20.9 Å². The summed E-state index contributed by atoms with van der Waals surface area (Å²) in [5, 5.41) is 15.4. The average Bonchev–Trinajstić information content (AvgIpc) is 3.54. The van der Waals surface area contributed by atoms with Crippen LogP contribution in [0.25, 0.3) is 11.1 Å². The van der Waals surface area contributed by atoms with Gasteiger partial charge >= 0.3 is 12.1 Å². The summed E-state index contributed by atoms with van der Waals surface area (Å²) in [5.74, 6) is -1.48. The molecule has 2 aliphatic rings. The Kier molecular flexibility index (Phi) is 8.13. The summed E-state index contributed by atoms with van der Waals surface area (Å²) < 4.78 is 5.79. The van der Waals surface area contributed by atoms with Crippen molar-refractivity contribution in [2.45, 2.75) is 44.7 Å². The number of alkyl carbamates (subject to hydrolysis) is 1. The first-order valence-electron chi connectivity index (χ1n) is 14.2. The zero-order valence-corrected chi connectivity index (χ0v) is 23.6. The number of carbonyl (C=O) groups is 3. The van der Waals surface area contributed by atoms with Gasteiger partial charge in [0.1, 0.15) is 12.1 Å². The number of hydrogen-bond donors (Lipinski definition) is 3. The maximum Gasteiger partial charge on any atom is 0.408 e. The van der Waals surface area contributed by atoms with Crippen molar-refractivity contribution in [2.24, 2.45) is 5.41 Å². The van der Waals surface area contributed by atoms with Crippen LogP contribution in [0.15, 0.2) is 78.9 Å². The van der Waals surface area contributed by atoms with Crippen molar-refractivity contribution in [1.29, 1.82) is 0 Å². The zero-order valence-electron chi connectivity index (χ0n) is 23.6. The predicted molar refractivity (Wildman–Crippen MR) is 156 cm³/mol. The molecule has 8 nitrogen and oxygen atoms in total. The van der Waals surface area contributed by atoms with Gasteiger partial charge in [0.05, 0.1) is 5.41 Å². The number of carbonyl (C=O) groups excluding carboxylic acids is 2. The average molecular weight is 556 g/mol. The molecule has 2 amide bonds. The van der Waals surface area contributed by atoms with Gasteiger partial charge in [0.25, 0.3) is 0 Å². The normalized spacial score (nSPS) is 19.6. The van der Waals surface area contributed by atoms with Crippen molar-refractivity contribution in [2.75, 3.05) is 26.2 Å². The fourth-order valence-corrected chi connectivity index (χ4v) is 5.84. The highest BCUT2D eigenvalue weighted by Gasteiger charge is 2.47. The molecule has 2 atom stereocenters. The first kappa shape index (κ1) is 28.4. The van der Waals surface area contributed by atoms with Crippen LogP contribution in [0.4, 0.5) is 4.79 Å². The molecule has 0 aromatic heterocycles. The van der Waals surface area contributed by atoms with E-state index >= 15 is 0 Å². The Hall–Kier alpha value is -4.17. The summed E-state index contributed by atoms with van der Waals surface area (Å²) in [5.41, 5.74) is 3.24. The highest BCUT2D eigenvalue weighted by Crippen LogP contribution is 2.44. The maximum absolute atomic E-state index is 13.7. The van der Waals surface area contributed by atoms with E-state index in [0.29, 0.717) is 25.9 Å². The van der Waals surface area contributed by atoms with Crippen molar-refractivity contribution < 1.29 is 24.2 Å². The first-order valence-corrected chi connectivity index (χ1v) is 14.2. The fraction of sp³-hybridized carbons (Fsp3) is 0.364. The minimum Gasteiger partial charge on any atom is -0.481 e. The third kappa shape index (κ3) is 5.84. The largest absolute Gasteiger partial charge is 0.481 e. The van der Waals surface area contributed by atoms with Gasteiger partial charge in [0, 0.05) is 32.1 Å². The number of carboxylic acid groups (broad SMARTS) is 1. The molecule has 3 aromatic carbocycles. The second-order valence-electron chi connectivity index (χ2n) is 11.4. The molecule has 1 saturated heterocycles. The molecule has 5 rings (SSSR count). The van der Waals surface area contributed by atoms with E-state index in [4.69, 9.17) is 4.74 Å². The number of rotatable bonds is 10. The van der Waals surface area contributed by atoms with E-state index in [1.54, 1.807) is 13.8 Å². The number of carboxylic acids is 1. The molecule has 2 unspecified atom stereocenters. The third-order valence-corrected chi connectivity index (χ3v) is 8.65. The Morgan fingerprint density at radius 3 is 2.20 bits per heavy atom. The van der Waals surface area contributed by atoms with Gasteiger partial charge in [0.2, 0.25) is 5.91 Å². The summed E-state index contributed by atoms with van der Waals surface area (Å²) >= 11 is 0. The van der Waals surface area contributed by atoms with E-state index in [0.717, 1.165) is 27.8 Å². The quantitative estimate of drug-likeness (QED) is 0.332. The van der Waals surface area contributed by atoms with E-state index in [1.807, 2.05) is 54.6 Å². The molecular formula is C33H37N3O5. The molecular weight excluding hydrogens is 518 g/mol. The Morgan fingerprint density at radius 1 is 0.976 bits per heavy atom. The molecule has 41 heavy (non-hydrogen) atoms. The number of nitrogens with zero attached hydrogens (tertiary/aromatic N) is 1. The minimum absolute atomic E-state index is 0.0372. The van der Waals surface area contributed by atoms with Crippen LogP contribution in [0, 0.1) is 5.41 Å². The van der Waals surface area contributed by atoms with E-state index in [2.05, 4.69) is 39.8 Å². The molecule has 0 bridgehead atoms. The van der Waals surface area contributed by atoms with E-state index in [1.165, 1.54) is 0 Å². The summed E-state index contributed by atoms with van der Waals surface area (Å²) in [6, 6.07) is 26.2. The number of hydrogen-bond acceptors (Lipinski definition) is 5. The van der Waals surface area contributed by atoms with Crippen LogP contribution in [0.2, 0.25) is 0 Å². The Morgan fingerprint density at radius 2 is 1.59 bits per heavy atom. The lowest BCUT2D eigenvalue weighted by Gasteiger charge is -2.31. The van der Waals surface area contributed by atoms with Gasteiger partial charge in [-0.3, -0.25) is 14.5 Å². The Balaban J connectivity index is 1.31. The van der Waals surface area contributed by atoms with Crippen LogP contribution < -0.4 is 10.6 Å². The zero-order chi connectivity index (χ0) is 29.0. The summed E-state index contributed by atoms with van der Waals surface area (Å²) in [7, 11) is 0. The van der Waals surface area contributed by atoms with Crippen molar-refractivity contribution in [1.82, 2.24) is 15.5 Å². The van der Waals surface area contributed by atoms with Crippen molar-refractivity contribution >= 4 is 18.0 Å². The number of likely N-dealkylation sites (tertiary alicyclic amines) is 1. The van der Waals surface area contributed by atoms with Gasteiger partial charge in [-0.15, -0.1) is 0 Å². The number of fused-ring (bicyclic) bond motifs is 3. The molecule has 1 heterocycles. The Bertz CT molecular complexity index is 1380. The molecule has 1 aliphatic carbocycles. The molecule has 1 fully saturated rings. The highest BCUT2D eigenvalue weighted by atomic mass is 16.5. The smallest absolute Gasteiger partial charge is 0.408 e. The number of amides is 2. The van der Waals surface area contributed by atoms with Crippen molar-refractivity contribution in [3.05, 3.63) is 95.6 Å². The monoisotopic (exact) mass is 555 g/mol.